The number of ether oxygens (including phenoxy) is 1. The van der Waals surface area contributed by atoms with E-state index in [0.717, 1.165) is 31.6 Å². The molecule has 1 saturated carbocycles. The number of phenolic OH excluding ortho intramolecular Hbond substituents is 1. The minimum Gasteiger partial charge on any atom is -0.504 e. The van der Waals surface area contributed by atoms with E-state index >= 15 is 0 Å². The Balaban J connectivity index is 1.40. The zero-order chi connectivity index (χ0) is 21.5. The summed E-state index contributed by atoms with van der Waals surface area (Å²) < 4.78 is 5.60. The maximum absolute atomic E-state index is 10.1. The molecule has 168 valence electrons. The fourth-order valence-corrected chi connectivity index (χ4v) is 5.26. The molecule has 31 heavy (non-hydrogen) atoms. The highest BCUT2D eigenvalue weighted by molar-refractivity contribution is 5.41. The Kier molecular flexibility index (Phi) is 7.81. The Morgan fingerprint density at radius 2 is 1.84 bits per heavy atom. The summed E-state index contributed by atoms with van der Waals surface area (Å²) in [5.41, 5.74) is 2.42. The van der Waals surface area contributed by atoms with Crippen LogP contribution in [-0.2, 0) is 13.1 Å². The number of nitrogens with zero attached hydrogens (tertiary/aromatic N) is 3. The van der Waals surface area contributed by atoms with Crippen molar-refractivity contribution in [2.24, 2.45) is 5.92 Å². The van der Waals surface area contributed by atoms with Gasteiger partial charge in [0, 0.05) is 38.1 Å². The van der Waals surface area contributed by atoms with Crippen molar-refractivity contribution in [3.05, 3.63) is 53.9 Å². The van der Waals surface area contributed by atoms with Crippen LogP contribution in [0.4, 0.5) is 0 Å². The zero-order valence-corrected chi connectivity index (χ0v) is 18.9. The molecule has 0 unspecified atom stereocenters. The maximum atomic E-state index is 10.1. The second-order valence-electron chi connectivity index (χ2n) is 9.18. The Labute approximate surface area is 187 Å². The topological polar surface area (TPSA) is 48.8 Å². The highest BCUT2D eigenvalue weighted by atomic mass is 16.5. The van der Waals surface area contributed by atoms with Crippen LogP contribution in [0.2, 0.25) is 0 Å². The van der Waals surface area contributed by atoms with Crippen LogP contribution in [0, 0.1) is 5.92 Å². The van der Waals surface area contributed by atoms with Gasteiger partial charge in [0.15, 0.2) is 11.5 Å². The molecule has 0 spiro atoms. The SMILES string of the molecule is CCOc1cc(CN(Cc2cccnc2)CC2CCN(C3CCCC3)CC2)ccc1O. The monoisotopic (exact) mass is 423 g/mol. The number of aromatic nitrogens is 1. The van der Waals surface area contributed by atoms with E-state index in [2.05, 4.69) is 20.9 Å². The number of benzene rings is 1. The minimum absolute atomic E-state index is 0.212. The predicted molar refractivity (Wildman–Crippen MR) is 124 cm³/mol. The molecule has 1 aliphatic heterocycles. The van der Waals surface area contributed by atoms with Crippen LogP contribution in [0.3, 0.4) is 0 Å². The van der Waals surface area contributed by atoms with Crippen molar-refractivity contribution in [3.63, 3.8) is 0 Å². The lowest BCUT2D eigenvalue weighted by Crippen LogP contribution is -2.42. The van der Waals surface area contributed by atoms with Crippen molar-refractivity contribution in [2.75, 3.05) is 26.2 Å². The van der Waals surface area contributed by atoms with Gasteiger partial charge in [0.2, 0.25) is 0 Å². The molecule has 0 bridgehead atoms. The van der Waals surface area contributed by atoms with Gasteiger partial charge in [0.05, 0.1) is 6.61 Å². The summed E-state index contributed by atoms with van der Waals surface area (Å²) in [6.07, 6.45) is 12.0. The van der Waals surface area contributed by atoms with Gasteiger partial charge in [-0.2, -0.15) is 0 Å². The second kappa shape index (κ2) is 11.0. The molecule has 1 aromatic heterocycles. The number of rotatable bonds is 9. The van der Waals surface area contributed by atoms with Gasteiger partial charge in [0.1, 0.15) is 0 Å². The Morgan fingerprint density at radius 3 is 2.55 bits per heavy atom. The summed E-state index contributed by atoms with van der Waals surface area (Å²) in [5, 5.41) is 10.1. The first kappa shape index (κ1) is 22.1. The van der Waals surface area contributed by atoms with Gasteiger partial charge in [-0.3, -0.25) is 9.88 Å². The average molecular weight is 424 g/mol. The van der Waals surface area contributed by atoms with Crippen molar-refractivity contribution in [2.45, 2.75) is 64.6 Å². The third-order valence-electron chi connectivity index (χ3n) is 6.87. The molecule has 4 rings (SSSR count). The summed E-state index contributed by atoms with van der Waals surface area (Å²) in [6.45, 7) is 7.83. The lowest BCUT2D eigenvalue weighted by molar-refractivity contribution is 0.106. The van der Waals surface area contributed by atoms with Gasteiger partial charge in [0.25, 0.3) is 0 Å². The van der Waals surface area contributed by atoms with E-state index in [1.54, 1.807) is 6.07 Å². The predicted octanol–water partition coefficient (Wildman–Crippen LogP) is 4.84. The van der Waals surface area contributed by atoms with Crippen LogP contribution in [0.1, 0.15) is 56.6 Å². The van der Waals surface area contributed by atoms with E-state index in [4.69, 9.17) is 4.74 Å². The van der Waals surface area contributed by atoms with E-state index < -0.39 is 0 Å². The van der Waals surface area contributed by atoms with E-state index in [9.17, 15) is 5.11 Å². The number of likely N-dealkylation sites (tertiary alicyclic amines) is 1. The van der Waals surface area contributed by atoms with Gasteiger partial charge < -0.3 is 14.7 Å². The molecule has 2 heterocycles. The van der Waals surface area contributed by atoms with E-state index in [0.29, 0.717) is 12.4 Å². The standard InChI is InChI=1S/C26H37N3O2/c1-2-31-26-16-22(9-10-25(26)30)19-28(20-23-6-5-13-27-17-23)18-21-11-14-29(15-12-21)24-7-3-4-8-24/h5-6,9-10,13,16-17,21,24,30H,2-4,7-8,11-12,14-15,18-20H2,1H3. The zero-order valence-electron chi connectivity index (χ0n) is 18.9. The highest BCUT2D eigenvalue weighted by Gasteiger charge is 2.28. The van der Waals surface area contributed by atoms with Crippen LogP contribution < -0.4 is 4.74 Å². The largest absolute Gasteiger partial charge is 0.504 e. The Morgan fingerprint density at radius 1 is 1.06 bits per heavy atom. The third kappa shape index (κ3) is 6.20. The molecule has 1 aromatic carbocycles. The summed E-state index contributed by atoms with van der Waals surface area (Å²) >= 11 is 0. The molecule has 0 radical (unpaired) electrons. The number of hydrogen-bond acceptors (Lipinski definition) is 5. The first-order valence-corrected chi connectivity index (χ1v) is 12.0. The lowest BCUT2D eigenvalue weighted by atomic mass is 9.94. The number of hydrogen-bond donors (Lipinski definition) is 1. The first-order valence-electron chi connectivity index (χ1n) is 12.0. The summed E-state index contributed by atoms with van der Waals surface area (Å²) in [5.74, 6) is 1.52. The summed E-state index contributed by atoms with van der Waals surface area (Å²) in [6, 6.07) is 10.8. The lowest BCUT2D eigenvalue weighted by Gasteiger charge is -2.38. The minimum atomic E-state index is 0.212. The molecular formula is C26H37N3O2. The molecule has 2 aromatic rings. The molecule has 5 heteroatoms. The Hall–Kier alpha value is -2.11. The first-order chi connectivity index (χ1) is 15.2. The van der Waals surface area contributed by atoms with Gasteiger partial charge in [-0.05, 0) is 80.9 Å². The quantitative estimate of drug-likeness (QED) is 0.625. The van der Waals surface area contributed by atoms with Crippen molar-refractivity contribution >= 4 is 0 Å². The number of aromatic hydroxyl groups is 1. The molecule has 1 N–H and O–H groups in total. The summed E-state index contributed by atoms with van der Waals surface area (Å²) in [4.78, 5) is 9.60. The Bertz CT molecular complexity index is 800. The number of pyridine rings is 1. The van der Waals surface area contributed by atoms with Crippen LogP contribution in [0.15, 0.2) is 42.7 Å². The van der Waals surface area contributed by atoms with Crippen molar-refractivity contribution in [3.8, 4) is 11.5 Å². The highest BCUT2D eigenvalue weighted by Crippen LogP contribution is 2.30. The van der Waals surface area contributed by atoms with E-state index in [-0.39, 0.29) is 5.75 Å². The smallest absolute Gasteiger partial charge is 0.161 e. The molecular weight excluding hydrogens is 386 g/mol. The van der Waals surface area contributed by atoms with Gasteiger partial charge in [-0.1, -0.05) is 25.0 Å². The van der Waals surface area contributed by atoms with Crippen LogP contribution in [0.5, 0.6) is 11.5 Å². The van der Waals surface area contributed by atoms with Gasteiger partial charge in [-0.25, -0.2) is 0 Å². The van der Waals surface area contributed by atoms with E-state index in [1.165, 1.54) is 62.7 Å². The van der Waals surface area contributed by atoms with Crippen LogP contribution >= 0.6 is 0 Å². The molecule has 5 nitrogen and oxygen atoms in total. The molecule has 0 amide bonds. The van der Waals surface area contributed by atoms with Crippen molar-refractivity contribution in [1.29, 1.82) is 0 Å². The average Bonchev–Trinajstić information content (AvgIpc) is 3.32. The third-order valence-corrected chi connectivity index (χ3v) is 6.87. The van der Waals surface area contributed by atoms with Crippen LogP contribution in [-0.4, -0.2) is 52.2 Å². The fourth-order valence-electron chi connectivity index (χ4n) is 5.26. The molecule has 1 aliphatic carbocycles. The van der Waals surface area contributed by atoms with Gasteiger partial charge >= 0.3 is 0 Å². The van der Waals surface area contributed by atoms with Crippen LogP contribution in [0.25, 0.3) is 0 Å². The van der Waals surface area contributed by atoms with E-state index in [1.807, 2.05) is 37.5 Å². The van der Waals surface area contributed by atoms with Crippen molar-refractivity contribution in [1.82, 2.24) is 14.8 Å². The number of phenols is 1. The fraction of sp³-hybridized carbons (Fsp3) is 0.577. The molecule has 1 saturated heterocycles. The summed E-state index contributed by atoms with van der Waals surface area (Å²) in [7, 11) is 0. The molecule has 0 atom stereocenters. The number of piperidine rings is 1. The van der Waals surface area contributed by atoms with Gasteiger partial charge in [-0.15, -0.1) is 0 Å². The maximum Gasteiger partial charge on any atom is 0.161 e. The van der Waals surface area contributed by atoms with Crippen molar-refractivity contribution < 1.29 is 9.84 Å². The second-order valence-corrected chi connectivity index (χ2v) is 9.18. The molecule has 2 aliphatic rings. The molecule has 2 fully saturated rings. The normalized spacial score (nSPS) is 18.6.